The number of fused-ring (bicyclic) bond motifs is 4. The molecule has 2 heterocycles. The number of benzene rings is 6. The summed E-state index contributed by atoms with van der Waals surface area (Å²) in [5.41, 5.74) is 14.7. The van der Waals surface area contributed by atoms with Crippen molar-refractivity contribution < 1.29 is 5.11 Å². The van der Waals surface area contributed by atoms with E-state index in [4.69, 9.17) is 9.97 Å². The molecule has 4 heteroatoms. The van der Waals surface area contributed by atoms with Gasteiger partial charge in [0.25, 0.3) is 0 Å². The molecule has 8 aromatic rings. The lowest BCUT2D eigenvalue weighted by molar-refractivity contribution is 0.477. The maximum atomic E-state index is 11.0. The monoisotopic (exact) mass is 673 g/mol. The van der Waals surface area contributed by atoms with Gasteiger partial charge >= 0.3 is 0 Å². The van der Waals surface area contributed by atoms with Crippen LogP contribution in [0.3, 0.4) is 0 Å². The van der Waals surface area contributed by atoms with Gasteiger partial charge in [0.15, 0.2) is 0 Å². The zero-order chi connectivity index (χ0) is 35.6. The summed E-state index contributed by atoms with van der Waals surface area (Å²) in [6.45, 7) is 9.17. The molecule has 52 heavy (non-hydrogen) atoms. The molecule has 0 spiro atoms. The molecule has 0 fully saturated rings. The summed E-state index contributed by atoms with van der Waals surface area (Å²) in [5.74, 6) is 0.882. The minimum atomic E-state index is -0.296. The lowest BCUT2D eigenvalue weighted by atomic mass is 9.76. The average Bonchev–Trinajstić information content (AvgIpc) is 3.68. The van der Waals surface area contributed by atoms with E-state index >= 15 is 0 Å². The minimum absolute atomic E-state index is 0.113. The van der Waals surface area contributed by atoms with Crippen LogP contribution in [0.4, 0.5) is 0 Å². The molecule has 0 unspecified atom stereocenters. The predicted molar refractivity (Wildman–Crippen MR) is 213 cm³/mol. The highest BCUT2D eigenvalue weighted by molar-refractivity contribution is 5.97. The van der Waals surface area contributed by atoms with Crippen LogP contribution in [0.25, 0.3) is 61.6 Å². The summed E-state index contributed by atoms with van der Waals surface area (Å²) >= 11 is 0. The number of hydrogen-bond acceptors (Lipinski definition) is 3. The molecular formula is C48H39N3O. The Labute approximate surface area is 304 Å². The summed E-state index contributed by atoms with van der Waals surface area (Å²) in [5, 5.41) is 11.0. The smallest absolute Gasteiger partial charge is 0.149 e. The Morgan fingerprint density at radius 3 is 2.00 bits per heavy atom. The highest BCUT2D eigenvalue weighted by atomic mass is 16.3. The zero-order valence-corrected chi connectivity index (χ0v) is 29.8. The summed E-state index contributed by atoms with van der Waals surface area (Å²) in [6, 6.07) is 52.7. The van der Waals surface area contributed by atoms with E-state index in [9.17, 15) is 5.11 Å². The van der Waals surface area contributed by atoms with Crippen LogP contribution < -0.4 is 0 Å². The van der Waals surface area contributed by atoms with Crippen LogP contribution in [-0.2, 0) is 10.8 Å². The summed E-state index contributed by atoms with van der Waals surface area (Å²) < 4.78 is 2.15. The average molecular weight is 674 g/mol. The van der Waals surface area contributed by atoms with Gasteiger partial charge in [-0.05, 0) is 87.5 Å². The van der Waals surface area contributed by atoms with Crippen molar-refractivity contribution >= 4 is 11.0 Å². The molecule has 0 aliphatic heterocycles. The maximum absolute atomic E-state index is 11.0. The molecule has 0 radical (unpaired) electrons. The van der Waals surface area contributed by atoms with E-state index in [0.29, 0.717) is 11.4 Å². The normalized spacial score (nSPS) is 13.2. The number of phenolic OH excluding ortho intramolecular Hbond substituents is 1. The van der Waals surface area contributed by atoms with Crippen LogP contribution in [0.5, 0.6) is 5.75 Å². The molecule has 6 aromatic carbocycles. The molecule has 252 valence electrons. The molecule has 4 nitrogen and oxygen atoms in total. The SMILES string of the molecule is CC(C)(c1ccccc1)c1cc(-c2cc3c(cn2)C(C)(C)c2ccccc2-3)cc(-c2cccc3c2nc(-c2ccccc2O)n3-c2ccccc2)c1. The van der Waals surface area contributed by atoms with E-state index in [-0.39, 0.29) is 16.6 Å². The van der Waals surface area contributed by atoms with Crippen LogP contribution >= 0.6 is 0 Å². The standard InChI is InChI=1S/C48H39N3O/c1-47(2,33-16-7-5-8-17-33)34-27-31(26-32(28-34)42-29-39-37-20-11-13-23-40(37)48(3,4)41(39)30-49-42)36-22-15-24-43-45(36)50-46(38-21-12-14-25-44(38)52)51(43)35-18-9-6-10-19-35/h5-30,52H,1-4H3. The molecule has 0 saturated carbocycles. The third kappa shape index (κ3) is 4.97. The number of rotatable bonds is 6. The minimum Gasteiger partial charge on any atom is -0.507 e. The molecule has 2 aromatic heterocycles. The van der Waals surface area contributed by atoms with Gasteiger partial charge in [0.05, 0.1) is 22.3 Å². The van der Waals surface area contributed by atoms with Gasteiger partial charge in [-0.3, -0.25) is 9.55 Å². The van der Waals surface area contributed by atoms with Crippen LogP contribution in [-0.4, -0.2) is 19.6 Å². The fourth-order valence-electron chi connectivity index (χ4n) is 8.07. The van der Waals surface area contributed by atoms with Crippen LogP contribution in [0.1, 0.15) is 49.9 Å². The molecule has 0 atom stereocenters. The van der Waals surface area contributed by atoms with Gasteiger partial charge in [-0.1, -0.05) is 131 Å². The molecule has 1 aliphatic rings. The summed E-state index contributed by atoms with van der Waals surface area (Å²) in [6.07, 6.45) is 2.08. The molecule has 0 bridgehead atoms. The topological polar surface area (TPSA) is 50.9 Å². The molecular weight excluding hydrogens is 635 g/mol. The summed E-state index contributed by atoms with van der Waals surface area (Å²) in [4.78, 5) is 10.5. The lowest BCUT2D eigenvalue weighted by Crippen LogP contribution is -2.19. The van der Waals surface area contributed by atoms with Crippen molar-refractivity contribution in [2.24, 2.45) is 0 Å². The highest BCUT2D eigenvalue weighted by Crippen LogP contribution is 2.49. The quantitative estimate of drug-likeness (QED) is 0.191. The van der Waals surface area contributed by atoms with Gasteiger partial charge in [0.1, 0.15) is 11.6 Å². The van der Waals surface area contributed by atoms with Crippen molar-refractivity contribution in [3.63, 3.8) is 0 Å². The number of imidazole rings is 1. The van der Waals surface area contributed by atoms with Gasteiger partial charge in [-0.15, -0.1) is 0 Å². The van der Waals surface area contributed by atoms with Crippen molar-refractivity contribution in [2.45, 2.75) is 38.5 Å². The largest absolute Gasteiger partial charge is 0.507 e. The number of hydrogen-bond donors (Lipinski definition) is 1. The Morgan fingerprint density at radius 2 is 1.23 bits per heavy atom. The fraction of sp³-hybridized carbons (Fsp3) is 0.125. The second kappa shape index (κ2) is 11.9. The fourth-order valence-corrected chi connectivity index (χ4v) is 8.07. The van der Waals surface area contributed by atoms with E-state index in [2.05, 4.69) is 148 Å². The Balaban J connectivity index is 1.30. The number of aromatic hydroxyl groups is 1. The number of aromatic nitrogens is 3. The van der Waals surface area contributed by atoms with Gasteiger partial charge in [-0.2, -0.15) is 0 Å². The Kier molecular flexibility index (Phi) is 7.27. The second-order valence-electron chi connectivity index (χ2n) is 14.9. The van der Waals surface area contributed by atoms with Crippen LogP contribution in [0.15, 0.2) is 158 Å². The van der Waals surface area contributed by atoms with Crippen LogP contribution in [0.2, 0.25) is 0 Å². The Bertz CT molecular complexity index is 2630. The number of nitrogens with zero attached hydrogens (tertiary/aromatic N) is 3. The first-order valence-corrected chi connectivity index (χ1v) is 17.9. The van der Waals surface area contributed by atoms with Gasteiger partial charge in [0.2, 0.25) is 0 Å². The molecule has 0 amide bonds. The van der Waals surface area contributed by atoms with Crippen LogP contribution in [0, 0.1) is 0 Å². The molecule has 0 saturated heterocycles. The third-order valence-electron chi connectivity index (χ3n) is 11.1. The predicted octanol–water partition coefficient (Wildman–Crippen LogP) is 11.8. The Hall–Kier alpha value is -6.26. The first-order valence-electron chi connectivity index (χ1n) is 17.9. The Morgan fingerprint density at radius 1 is 0.577 bits per heavy atom. The maximum Gasteiger partial charge on any atom is 0.149 e. The molecule has 9 rings (SSSR count). The first-order chi connectivity index (χ1) is 25.2. The summed E-state index contributed by atoms with van der Waals surface area (Å²) in [7, 11) is 0. The van der Waals surface area contributed by atoms with E-state index in [0.717, 1.165) is 39.1 Å². The van der Waals surface area contributed by atoms with Crippen molar-refractivity contribution in [3.05, 3.63) is 180 Å². The zero-order valence-electron chi connectivity index (χ0n) is 29.8. The number of phenols is 1. The number of para-hydroxylation sites is 3. The second-order valence-corrected chi connectivity index (χ2v) is 14.9. The van der Waals surface area contributed by atoms with Gasteiger partial charge in [0, 0.05) is 33.8 Å². The van der Waals surface area contributed by atoms with E-state index < -0.39 is 0 Å². The van der Waals surface area contributed by atoms with Crippen molar-refractivity contribution in [1.82, 2.24) is 14.5 Å². The number of pyridine rings is 1. The van der Waals surface area contributed by atoms with Crippen molar-refractivity contribution in [3.8, 4) is 56.3 Å². The lowest BCUT2D eigenvalue weighted by Gasteiger charge is -2.27. The van der Waals surface area contributed by atoms with Crippen molar-refractivity contribution in [1.29, 1.82) is 0 Å². The van der Waals surface area contributed by atoms with Gasteiger partial charge < -0.3 is 5.11 Å². The highest BCUT2D eigenvalue weighted by Gasteiger charge is 2.36. The first kappa shape index (κ1) is 31.7. The van der Waals surface area contributed by atoms with Gasteiger partial charge in [-0.25, -0.2) is 4.98 Å². The third-order valence-corrected chi connectivity index (χ3v) is 11.1. The van der Waals surface area contributed by atoms with Crippen molar-refractivity contribution in [2.75, 3.05) is 0 Å². The van der Waals surface area contributed by atoms with E-state index in [1.165, 1.54) is 33.4 Å². The van der Waals surface area contributed by atoms with E-state index in [1.54, 1.807) is 6.07 Å². The van der Waals surface area contributed by atoms with E-state index in [1.807, 2.05) is 36.4 Å². The molecule has 1 N–H and O–H groups in total. The molecule has 1 aliphatic carbocycles.